The molecule has 1 heterocycles. The second kappa shape index (κ2) is 12.2. The molecule has 46 heavy (non-hydrogen) atoms. The second-order valence-corrected chi connectivity index (χ2v) is 15.0. The van der Waals surface area contributed by atoms with Gasteiger partial charge in [0.1, 0.15) is 23.5 Å². The highest BCUT2D eigenvalue weighted by Crippen LogP contribution is 2.66. The van der Waals surface area contributed by atoms with Gasteiger partial charge in [0.25, 0.3) is 0 Å². The number of carbonyl (C=O) groups excluding carboxylic acids is 3. The smallest absolute Gasteiger partial charge is 0.460 e. The van der Waals surface area contributed by atoms with E-state index < -0.39 is 53.7 Å². The van der Waals surface area contributed by atoms with Gasteiger partial charge in [0.15, 0.2) is 0 Å². The number of phenols is 1. The average Bonchev–Trinajstić information content (AvgIpc) is 3.30. The molecule has 10 nitrogen and oxygen atoms in total. The van der Waals surface area contributed by atoms with Gasteiger partial charge in [-0.25, -0.2) is 14.4 Å². The summed E-state index contributed by atoms with van der Waals surface area (Å²) in [6, 6.07) is 13.0. The number of carbonyl (C=O) groups is 3. The van der Waals surface area contributed by atoms with Crippen molar-refractivity contribution in [2.24, 2.45) is 17.3 Å². The molecule has 3 saturated carbocycles. The Hall–Kier alpha value is -3.57. The molecular weight excluding hydrogens is 589 g/mol. The van der Waals surface area contributed by atoms with Gasteiger partial charge in [0, 0.05) is 11.9 Å². The molecule has 2 aromatic carbocycles. The summed E-state index contributed by atoms with van der Waals surface area (Å²) in [7, 11) is -0.675. The number of amides is 1. The van der Waals surface area contributed by atoms with Crippen molar-refractivity contribution >= 4 is 25.2 Å². The molecule has 4 aliphatic rings. The molecule has 0 aromatic heterocycles. The molecule has 248 valence electrons. The van der Waals surface area contributed by atoms with Crippen LogP contribution >= 0.6 is 0 Å². The first-order valence-corrected chi connectivity index (χ1v) is 16.0. The Bertz CT molecular complexity index is 1470. The minimum absolute atomic E-state index is 0.0478. The summed E-state index contributed by atoms with van der Waals surface area (Å²) >= 11 is 0. The number of hydrogen-bond donors (Lipinski definition) is 2. The van der Waals surface area contributed by atoms with Gasteiger partial charge in [-0.3, -0.25) is 0 Å². The largest absolute Gasteiger partial charge is 0.507 e. The third-order valence-corrected chi connectivity index (χ3v) is 9.84. The van der Waals surface area contributed by atoms with Gasteiger partial charge >= 0.3 is 25.2 Å². The molecule has 2 aromatic rings. The van der Waals surface area contributed by atoms with E-state index in [-0.39, 0.29) is 35.6 Å². The van der Waals surface area contributed by atoms with Gasteiger partial charge in [0.2, 0.25) is 5.60 Å². The summed E-state index contributed by atoms with van der Waals surface area (Å²) in [5, 5.41) is 14.3. The van der Waals surface area contributed by atoms with E-state index in [1.807, 2.05) is 30.3 Å². The topological polar surface area (TPSA) is 130 Å². The van der Waals surface area contributed by atoms with Crippen LogP contribution in [0.15, 0.2) is 48.5 Å². The van der Waals surface area contributed by atoms with E-state index in [1.165, 1.54) is 19.9 Å². The van der Waals surface area contributed by atoms with Crippen molar-refractivity contribution in [2.45, 2.75) is 110 Å². The maximum absolute atomic E-state index is 13.3. The Morgan fingerprint density at radius 1 is 1.00 bits per heavy atom. The van der Waals surface area contributed by atoms with E-state index in [2.05, 4.69) is 26.1 Å². The maximum Gasteiger partial charge on any atom is 0.460 e. The number of rotatable bonds is 9. The molecule has 0 spiro atoms. The Morgan fingerprint density at radius 3 is 2.35 bits per heavy atom. The molecule has 2 unspecified atom stereocenters. The normalized spacial score (nSPS) is 25.5. The van der Waals surface area contributed by atoms with Crippen LogP contribution < -0.4 is 5.32 Å². The summed E-state index contributed by atoms with van der Waals surface area (Å²) in [6.07, 6.45) is 1.35. The van der Waals surface area contributed by atoms with Crippen LogP contribution in [0.2, 0.25) is 6.32 Å². The van der Waals surface area contributed by atoms with Crippen molar-refractivity contribution in [1.29, 1.82) is 0 Å². The number of ether oxygens (including phenoxy) is 3. The fourth-order valence-corrected chi connectivity index (χ4v) is 7.15. The Kier molecular flexibility index (Phi) is 8.98. The Balaban J connectivity index is 1.37. The van der Waals surface area contributed by atoms with Gasteiger partial charge in [0.05, 0.1) is 17.7 Å². The van der Waals surface area contributed by atoms with Crippen molar-refractivity contribution in [3.63, 3.8) is 0 Å². The van der Waals surface area contributed by atoms with E-state index in [0.717, 1.165) is 18.4 Å². The first-order valence-electron chi connectivity index (χ1n) is 16.0. The summed E-state index contributed by atoms with van der Waals surface area (Å²) in [6.45, 7) is 14.7. The molecule has 1 saturated heterocycles. The van der Waals surface area contributed by atoms with E-state index >= 15 is 0 Å². The van der Waals surface area contributed by atoms with Crippen molar-refractivity contribution in [2.75, 3.05) is 0 Å². The molecule has 2 N–H and O–H groups in total. The number of benzene rings is 2. The molecule has 1 amide bonds. The van der Waals surface area contributed by atoms with Gasteiger partial charge in [-0.15, -0.1) is 0 Å². The van der Waals surface area contributed by atoms with E-state index in [9.17, 15) is 19.5 Å². The van der Waals surface area contributed by atoms with Crippen molar-refractivity contribution < 1.29 is 43.0 Å². The first-order chi connectivity index (χ1) is 21.4. The predicted molar refractivity (Wildman–Crippen MR) is 171 cm³/mol. The lowest BCUT2D eigenvalue weighted by atomic mass is 9.43. The Morgan fingerprint density at radius 2 is 1.70 bits per heavy atom. The van der Waals surface area contributed by atoms with Crippen LogP contribution in [0.4, 0.5) is 4.79 Å². The third-order valence-electron chi connectivity index (χ3n) is 9.84. The molecule has 0 radical (unpaired) electrons. The summed E-state index contributed by atoms with van der Waals surface area (Å²) in [5.41, 5.74) is -1.84. The standard InChI is InChI=1S/C35H46BNO9/c1-32(2,3)44-30(40)34(6,7)43-29(39)24-16-12-15-23(28(24)38)25(37-31(41)42-20-21-13-10-9-11-14-21)19-36-45-27-18-22-17-26(33(22,4)5)35(27,8)46-36/h9-16,22,25-27,38H,17-20H2,1-8H3,(H,37,41)/t22-,25?,26-,27?,35-/m0/s1. The molecule has 5 atom stereocenters. The summed E-state index contributed by atoms with van der Waals surface area (Å²) < 4.78 is 29.5. The number of nitrogens with one attached hydrogen (secondary N) is 1. The summed E-state index contributed by atoms with van der Waals surface area (Å²) in [5.74, 6) is -1.14. The van der Waals surface area contributed by atoms with Gasteiger partial charge in [-0.2, -0.15) is 0 Å². The fraction of sp³-hybridized carbons (Fsp3) is 0.571. The van der Waals surface area contributed by atoms with E-state index in [1.54, 1.807) is 32.9 Å². The molecule has 4 fully saturated rings. The summed E-state index contributed by atoms with van der Waals surface area (Å²) in [4.78, 5) is 39.1. The van der Waals surface area contributed by atoms with E-state index in [0.29, 0.717) is 11.8 Å². The highest BCUT2D eigenvalue weighted by Gasteiger charge is 2.67. The molecule has 2 bridgehead atoms. The molecular formula is C35H46BNO9. The van der Waals surface area contributed by atoms with Crippen LogP contribution in [-0.2, 0) is 34.9 Å². The molecule has 1 aliphatic heterocycles. The predicted octanol–water partition coefficient (Wildman–Crippen LogP) is 6.37. The van der Waals surface area contributed by atoms with Crippen molar-refractivity contribution in [1.82, 2.24) is 5.32 Å². The Labute approximate surface area is 271 Å². The minimum Gasteiger partial charge on any atom is -0.507 e. The van der Waals surface area contributed by atoms with E-state index in [4.69, 9.17) is 23.5 Å². The fourth-order valence-electron chi connectivity index (χ4n) is 7.15. The van der Waals surface area contributed by atoms with Crippen molar-refractivity contribution in [3.05, 3.63) is 65.2 Å². The third kappa shape index (κ3) is 6.76. The number of para-hydroxylation sites is 1. The number of aromatic hydroxyl groups is 1. The second-order valence-electron chi connectivity index (χ2n) is 15.0. The van der Waals surface area contributed by atoms with Crippen LogP contribution in [0.25, 0.3) is 0 Å². The van der Waals surface area contributed by atoms with Gasteiger partial charge in [-0.05, 0) is 83.3 Å². The van der Waals surface area contributed by atoms with Crippen molar-refractivity contribution in [3.8, 4) is 5.75 Å². The quantitative estimate of drug-likeness (QED) is 0.184. The van der Waals surface area contributed by atoms with Crippen LogP contribution in [-0.4, -0.2) is 53.2 Å². The lowest BCUT2D eigenvalue weighted by Gasteiger charge is -2.64. The first kappa shape index (κ1) is 33.8. The minimum atomic E-state index is -1.63. The lowest BCUT2D eigenvalue weighted by Crippen LogP contribution is -2.65. The number of alkyl carbamates (subject to hydrolysis) is 1. The average molecular weight is 636 g/mol. The molecule has 6 rings (SSSR count). The van der Waals surface area contributed by atoms with Crippen LogP contribution in [0.1, 0.15) is 95.8 Å². The van der Waals surface area contributed by atoms with Gasteiger partial charge < -0.3 is 33.9 Å². The van der Waals surface area contributed by atoms with Gasteiger partial charge in [-0.1, -0.05) is 56.3 Å². The monoisotopic (exact) mass is 635 g/mol. The highest BCUT2D eigenvalue weighted by molar-refractivity contribution is 6.45. The number of esters is 2. The van der Waals surface area contributed by atoms with Crippen LogP contribution in [0.3, 0.4) is 0 Å². The SMILES string of the molecule is CC(C)(C)OC(=O)C(C)(C)OC(=O)c1cccc(C(CB2OC3C[C@@H]4C[C@@H](C4(C)C)[C@]3(C)O2)NC(=O)OCc2ccccc2)c1O. The molecule has 3 aliphatic carbocycles. The molecule has 11 heteroatoms. The zero-order valence-corrected chi connectivity index (χ0v) is 28.0. The maximum atomic E-state index is 13.3. The highest BCUT2D eigenvalue weighted by atomic mass is 16.7. The number of hydrogen-bond acceptors (Lipinski definition) is 9. The lowest BCUT2D eigenvalue weighted by molar-refractivity contribution is -0.199. The van der Waals surface area contributed by atoms with Crippen LogP contribution in [0, 0.1) is 17.3 Å². The zero-order valence-electron chi connectivity index (χ0n) is 28.0. The number of phenolic OH excluding ortho intramolecular Hbond substituents is 1. The zero-order chi connectivity index (χ0) is 33.7. The van der Waals surface area contributed by atoms with Crippen LogP contribution in [0.5, 0.6) is 5.75 Å².